The first-order valence-corrected chi connectivity index (χ1v) is 7.57. The Morgan fingerprint density at radius 1 is 1.21 bits per heavy atom. The van der Waals surface area contributed by atoms with Crippen LogP contribution in [-0.4, -0.2) is 31.0 Å². The topological polar surface area (TPSA) is 46.3 Å². The van der Waals surface area contributed by atoms with Crippen molar-refractivity contribution >= 4 is 5.52 Å². The molecule has 0 fully saturated rings. The molecule has 0 aliphatic carbocycles. The second-order valence-corrected chi connectivity index (χ2v) is 5.83. The minimum Gasteiger partial charge on any atom is -0.293 e. The fraction of sp³-hybridized carbons (Fsp3) is 0.312. The number of aromatic nitrogens is 4. The van der Waals surface area contributed by atoms with Crippen molar-refractivity contribution in [3.63, 3.8) is 0 Å². The zero-order chi connectivity index (χ0) is 16.7. The van der Waals surface area contributed by atoms with Gasteiger partial charge < -0.3 is 0 Å². The Morgan fingerprint density at radius 3 is 2.88 bits per heavy atom. The summed E-state index contributed by atoms with van der Waals surface area (Å²) < 4.78 is 39.8. The average Bonchev–Trinajstić information content (AvgIpc) is 2.95. The Kier molecular flexibility index (Phi) is 3.49. The predicted octanol–water partition coefficient (Wildman–Crippen LogP) is 2.70. The van der Waals surface area contributed by atoms with E-state index >= 15 is 0 Å². The molecule has 1 aliphatic heterocycles. The molecule has 0 radical (unpaired) electrons. The molecule has 0 saturated heterocycles. The van der Waals surface area contributed by atoms with Gasteiger partial charge in [0.15, 0.2) is 0 Å². The molecule has 3 aromatic heterocycles. The quantitative estimate of drug-likeness (QED) is 0.723. The molecule has 3 aromatic rings. The molecule has 0 amide bonds. The molecule has 4 heterocycles. The molecular weight excluding hydrogens is 319 g/mol. The number of rotatable bonds is 2. The van der Waals surface area contributed by atoms with Crippen LogP contribution in [0.1, 0.15) is 22.8 Å². The lowest BCUT2D eigenvalue weighted by Gasteiger charge is -2.27. The van der Waals surface area contributed by atoms with Gasteiger partial charge in [-0.2, -0.15) is 18.3 Å². The van der Waals surface area contributed by atoms with E-state index in [4.69, 9.17) is 0 Å². The Bertz CT molecular complexity index is 854. The number of nitrogens with zero attached hydrogens (tertiary/aromatic N) is 5. The summed E-state index contributed by atoms with van der Waals surface area (Å²) in [6, 6.07) is 7.86. The molecule has 4 rings (SSSR count). The molecule has 0 unspecified atom stereocenters. The number of hydrogen-bond acceptors (Lipinski definition) is 4. The summed E-state index contributed by atoms with van der Waals surface area (Å²) in [6.45, 7) is 1.82. The third kappa shape index (κ3) is 2.84. The fourth-order valence-corrected chi connectivity index (χ4v) is 2.94. The summed E-state index contributed by atoms with van der Waals surface area (Å²) in [5.74, 6) is -1.06. The highest BCUT2D eigenvalue weighted by Crippen LogP contribution is 2.28. The van der Waals surface area contributed by atoms with Gasteiger partial charge in [-0.3, -0.25) is 4.90 Å². The molecule has 8 heteroatoms. The molecule has 24 heavy (non-hydrogen) atoms. The SMILES string of the molecule is FC(F)(F)c1ncc2c(n1)CCN(Cc1cc3ccccn3n1)C2. The minimum absolute atomic E-state index is 0.480. The molecule has 0 bridgehead atoms. The lowest BCUT2D eigenvalue weighted by Crippen LogP contribution is -2.31. The third-order valence-electron chi connectivity index (χ3n) is 4.07. The van der Waals surface area contributed by atoms with Crippen LogP contribution < -0.4 is 0 Å². The lowest BCUT2D eigenvalue weighted by molar-refractivity contribution is -0.145. The second kappa shape index (κ2) is 5.55. The average molecular weight is 333 g/mol. The first kappa shape index (κ1) is 15.1. The smallest absolute Gasteiger partial charge is 0.293 e. The summed E-state index contributed by atoms with van der Waals surface area (Å²) in [5.41, 5.74) is 3.18. The third-order valence-corrected chi connectivity index (χ3v) is 4.07. The van der Waals surface area contributed by atoms with Crippen LogP contribution in [0, 0.1) is 0 Å². The van der Waals surface area contributed by atoms with E-state index in [1.54, 1.807) is 0 Å². The van der Waals surface area contributed by atoms with Crippen molar-refractivity contribution in [2.45, 2.75) is 25.7 Å². The maximum Gasteiger partial charge on any atom is 0.451 e. The largest absolute Gasteiger partial charge is 0.451 e. The van der Waals surface area contributed by atoms with Crippen molar-refractivity contribution in [2.24, 2.45) is 0 Å². The number of fused-ring (bicyclic) bond motifs is 2. The molecule has 0 N–H and O–H groups in total. The molecule has 1 aliphatic rings. The van der Waals surface area contributed by atoms with Crippen molar-refractivity contribution in [3.05, 3.63) is 59.4 Å². The maximum atomic E-state index is 12.7. The summed E-state index contributed by atoms with van der Waals surface area (Å²) in [4.78, 5) is 9.27. The van der Waals surface area contributed by atoms with Crippen molar-refractivity contribution in [1.29, 1.82) is 0 Å². The van der Waals surface area contributed by atoms with Gasteiger partial charge in [0.05, 0.1) is 16.9 Å². The van der Waals surface area contributed by atoms with Crippen molar-refractivity contribution in [1.82, 2.24) is 24.5 Å². The minimum atomic E-state index is -4.50. The van der Waals surface area contributed by atoms with Gasteiger partial charge in [-0.1, -0.05) is 6.07 Å². The predicted molar refractivity (Wildman–Crippen MR) is 80.0 cm³/mol. The van der Waals surface area contributed by atoms with Gasteiger partial charge in [0.1, 0.15) is 0 Å². The van der Waals surface area contributed by atoms with Crippen LogP contribution in [0.15, 0.2) is 36.7 Å². The monoisotopic (exact) mass is 333 g/mol. The number of pyridine rings is 1. The standard InChI is InChI=1S/C16H14F3N5/c17-16(18,19)15-20-8-11-9-23(6-4-14(11)21-15)10-12-7-13-3-1-2-5-24(13)22-12/h1-3,5,7-8H,4,6,9-10H2. The van der Waals surface area contributed by atoms with E-state index in [1.165, 1.54) is 6.20 Å². The second-order valence-electron chi connectivity index (χ2n) is 5.83. The molecule has 0 aromatic carbocycles. The fourth-order valence-electron chi connectivity index (χ4n) is 2.94. The molecule has 5 nitrogen and oxygen atoms in total. The molecular formula is C16H14F3N5. The zero-order valence-corrected chi connectivity index (χ0v) is 12.7. The summed E-state index contributed by atoms with van der Waals surface area (Å²) in [7, 11) is 0. The van der Waals surface area contributed by atoms with Gasteiger partial charge in [-0.05, 0) is 18.2 Å². The highest BCUT2D eigenvalue weighted by Gasteiger charge is 2.35. The van der Waals surface area contributed by atoms with Crippen molar-refractivity contribution in [2.75, 3.05) is 6.54 Å². The molecule has 0 spiro atoms. The van der Waals surface area contributed by atoms with Crippen LogP contribution >= 0.6 is 0 Å². The van der Waals surface area contributed by atoms with E-state index in [1.807, 2.05) is 35.0 Å². The maximum absolute atomic E-state index is 12.7. The van der Waals surface area contributed by atoms with Gasteiger partial charge in [-0.25, -0.2) is 14.5 Å². The van der Waals surface area contributed by atoms with Gasteiger partial charge in [-0.15, -0.1) is 0 Å². The Hall–Kier alpha value is -2.48. The summed E-state index contributed by atoms with van der Waals surface area (Å²) >= 11 is 0. The highest BCUT2D eigenvalue weighted by atomic mass is 19.4. The Balaban J connectivity index is 1.52. The van der Waals surface area contributed by atoms with Crippen LogP contribution in [0.2, 0.25) is 0 Å². The van der Waals surface area contributed by atoms with Gasteiger partial charge >= 0.3 is 6.18 Å². The summed E-state index contributed by atoms with van der Waals surface area (Å²) in [6.07, 6.45) is -0.838. The lowest BCUT2D eigenvalue weighted by atomic mass is 10.1. The first-order valence-electron chi connectivity index (χ1n) is 7.57. The number of hydrogen-bond donors (Lipinski definition) is 0. The van der Waals surface area contributed by atoms with Crippen LogP contribution in [0.5, 0.6) is 0 Å². The van der Waals surface area contributed by atoms with E-state index in [2.05, 4.69) is 20.0 Å². The highest BCUT2D eigenvalue weighted by molar-refractivity contribution is 5.46. The summed E-state index contributed by atoms with van der Waals surface area (Å²) in [5, 5.41) is 4.50. The van der Waals surface area contributed by atoms with Gasteiger partial charge in [0, 0.05) is 44.0 Å². The van der Waals surface area contributed by atoms with E-state index in [9.17, 15) is 13.2 Å². The molecule has 0 atom stereocenters. The Morgan fingerprint density at radius 2 is 2.08 bits per heavy atom. The Labute approximate surface area is 135 Å². The van der Waals surface area contributed by atoms with E-state index in [0.29, 0.717) is 31.7 Å². The zero-order valence-electron chi connectivity index (χ0n) is 12.7. The van der Waals surface area contributed by atoms with Crippen LogP contribution in [0.4, 0.5) is 13.2 Å². The van der Waals surface area contributed by atoms with Gasteiger partial charge in [0.25, 0.3) is 0 Å². The van der Waals surface area contributed by atoms with Crippen LogP contribution in [-0.2, 0) is 25.7 Å². The van der Waals surface area contributed by atoms with E-state index in [-0.39, 0.29) is 0 Å². The molecule has 124 valence electrons. The normalized spacial score (nSPS) is 15.6. The number of halogens is 3. The number of alkyl halides is 3. The van der Waals surface area contributed by atoms with E-state index in [0.717, 1.165) is 16.8 Å². The van der Waals surface area contributed by atoms with Crippen molar-refractivity contribution in [3.8, 4) is 0 Å². The van der Waals surface area contributed by atoms with Gasteiger partial charge in [0.2, 0.25) is 5.82 Å². The molecule has 0 saturated carbocycles. The van der Waals surface area contributed by atoms with Crippen LogP contribution in [0.25, 0.3) is 5.52 Å². The van der Waals surface area contributed by atoms with E-state index < -0.39 is 12.0 Å². The van der Waals surface area contributed by atoms with Crippen molar-refractivity contribution < 1.29 is 13.2 Å². The van der Waals surface area contributed by atoms with Crippen LogP contribution in [0.3, 0.4) is 0 Å². The first-order chi connectivity index (χ1) is 11.5.